The fourth-order valence-electron chi connectivity index (χ4n) is 1.30. The van der Waals surface area contributed by atoms with Crippen LogP contribution in [0.2, 0.25) is 0 Å². The normalized spacial score (nSPS) is 9.92. The van der Waals surface area contributed by atoms with Crippen LogP contribution >= 0.6 is 0 Å². The van der Waals surface area contributed by atoms with Crippen molar-refractivity contribution in [3.05, 3.63) is 48.3 Å². The highest BCUT2D eigenvalue weighted by molar-refractivity contribution is 5.65. The number of hydrogen-bond acceptors (Lipinski definition) is 2. The maximum Gasteiger partial charge on any atom is 0.0577 e. The molecular weight excluding hydrogens is 160 g/mol. The number of nitrogens with zero attached hydrogens (tertiary/aromatic N) is 2. The largest absolute Gasteiger partial charge is 0.159 e. The van der Waals surface area contributed by atoms with E-state index >= 15 is 0 Å². The Bertz CT molecular complexity index is 396. The molecule has 2 heteroatoms. The molecule has 0 radical (unpaired) electrons. The van der Waals surface area contributed by atoms with Crippen LogP contribution in [0.5, 0.6) is 0 Å². The average molecular weight is 170 g/mol. The zero-order valence-corrected chi connectivity index (χ0v) is 7.44. The molecule has 0 aliphatic heterocycles. The lowest BCUT2D eigenvalue weighted by molar-refractivity contribution is 1.02. The first-order valence-electron chi connectivity index (χ1n) is 4.20. The summed E-state index contributed by atoms with van der Waals surface area (Å²) in [5.74, 6) is 0. The van der Waals surface area contributed by atoms with E-state index in [4.69, 9.17) is 0 Å². The molecule has 0 saturated carbocycles. The molecule has 0 bridgehead atoms. The number of hydrogen-bond donors (Lipinski definition) is 0. The number of aryl methyl sites for hydroxylation is 1. The second-order valence-corrected chi connectivity index (χ2v) is 2.95. The van der Waals surface area contributed by atoms with Gasteiger partial charge in [0.1, 0.15) is 0 Å². The lowest BCUT2D eigenvalue weighted by Gasteiger charge is -2.02. The van der Waals surface area contributed by atoms with Gasteiger partial charge in [0.2, 0.25) is 0 Å². The predicted octanol–water partition coefficient (Wildman–Crippen LogP) is 2.45. The molecule has 0 fully saturated rings. The van der Waals surface area contributed by atoms with Crippen LogP contribution in [0.1, 0.15) is 5.56 Å². The van der Waals surface area contributed by atoms with Crippen molar-refractivity contribution in [3.63, 3.8) is 0 Å². The monoisotopic (exact) mass is 170 g/mol. The van der Waals surface area contributed by atoms with E-state index in [-0.39, 0.29) is 0 Å². The van der Waals surface area contributed by atoms with Gasteiger partial charge >= 0.3 is 0 Å². The molecular formula is C11H10N2. The Balaban J connectivity index is 2.54. The van der Waals surface area contributed by atoms with Crippen molar-refractivity contribution in [1.82, 2.24) is 10.2 Å². The molecule has 13 heavy (non-hydrogen) atoms. The van der Waals surface area contributed by atoms with E-state index in [0.29, 0.717) is 0 Å². The molecule has 2 aromatic rings. The van der Waals surface area contributed by atoms with Gasteiger partial charge in [-0.25, -0.2) is 0 Å². The van der Waals surface area contributed by atoms with Gasteiger partial charge in [-0.2, -0.15) is 10.2 Å². The van der Waals surface area contributed by atoms with Crippen molar-refractivity contribution in [1.29, 1.82) is 0 Å². The number of benzene rings is 1. The summed E-state index contributed by atoms with van der Waals surface area (Å²) < 4.78 is 0. The number of rotatable bonds is 1. The summed E-state index contributed by atoms with van der Waals surface area (Å²) in [4.78, 5) is 0. The van der Waals surface area contributed by atoms with Gasteiger partial charge < -0.3 is 0 Å². The van der Waals surface area contributed by atoms with Gasteiger partial charge in [0, 0.05) is 5.56 Å². The average Bonchev–Trinajstić information content (AvgIpc) is 2.20. The third kappa shape index (κ3) is 1.56. The van der Waals surface area contributed by atoms with Crippen molar-refractivity contribution in [2.45, 2.75) is 6.92 Å². The lowest BCUT2D eigenvalue weighted by Crippen LogP contribution is -1.87. The minimum Gasteiger partial charge on any atom is -0.159 e. The van der Waals surface area contributed by atoms with Gasteiger partial charge in [-0.3, -0.25) is 0 Å². The summed E-state index contributed by atoms with van der Waals surface area (Å²) in [6.45, 7) is 2.04. The molecule has 2 rings (SSSR count). The molecule has 2 nitrogen and oxygen atoms in total. The van der Waals surface area contributed by atoms with Gasteiger partial charge in [0.05, 0.1) is 12.4 Å². The van der Waals surface area contributed by atoms with Crippen LogP contribution in [0, 0.1) is 6.92 Å². The Morgan fingerprint density at radius 2 is 1.62 bits per heavy atom. The third-order valence-electron chi connectivity index (χ3n) is 2.01. The smallest absolute Gasteiger partial charge is 0.0577 e. The lowest BCUT2D eigenvalue weighted by atomic mass is 10.0. The Hall–Kier alpha value is -1.70. The van der Waals surface area contributed by atoms with Crippen LogP contribution < -0.4 is 0 Å². The topological polar surface area (TPSA) is 25.8 Å². The molecule has 0 aliphatic carbocycles. The van der Waals surface area contributed by atoms with E-state index < -0.39 is 0 Å². The second kappa shape index (κ2) is 3.35. The second-order valence-electron chi connectivity index (χ2n) is 2.95. The van der Waals surface area contributed by atoms with Crippen LogP contribution in [0.4, 0.5) is 0 Å². The standard InChI is InChI=1S/C11H10N2/c1-9-7-12-13-8-11(9)10-5-3-2-4-6-10/h2-8H,1H3. The van der Waals surface area contributed by atoms with Crippen LogP contribution in [-0.2, 0) is 0 Å². The Morgan fingerprint density at radius 3 is 2.31 bits per heavy atom. The van der Waals surface area contributed by atoms with Crippen molar-refractivity contribution < 1.29 is 0 Å². The van der Waals surface area contributed by atoms with Gasteiger partial charge in [0.15, 0.2) is 0 Å². The molecule has 0 aliphatic rings. The first kappa shape index (κ1) is 7.92. The molecule has 0 saturated heterocycles. The minimum atomic E-state index is 1.15. The van der Waals surface area contributed by atoms with Gasteiger partial charge in [-0.1, -0.05) is 30.3 Å². The van der Waals surface area contributed by atoms with E-state index in [2.05, 4.69) is 22.3 Å². The highest BCUT2D eigenvalue weighted by Crippen LogP contribution is 2.20. The molecule has 1 aromatic heterocycles. The molecule has 64 valence electrons. The van der Waals surface area contributed by atoms with Crippen LogP contribution in [0.25, 0.3) is 11.1 Å². The summed E-state index contributed by atoms with van der Waals surface area (Å²) in [5.41, 5.74) is 3.49. The molecule has 0 atom stereocenters. The molecule has 1 aromatic carbocycles. The Kier molecular flexibility index (Phi) is 2.04. The highest BCUT2D eigenvalue weighted by atomic mass is 15.1. The summed E-state index contributed by atoms with van der Waals surface area (Å²) in [5, 5.41) is 7.69. The third-order valence-corrected chi connectivity index (χ3v) is 2.01. The van der Waals surface area contributed by atoms with Gasteiger partial charge in [-0.05, 0) is 18.1 Å². The van der Waals surface area contributed by atoms with Crippen molar-refractivity contribution in [2.24, 2.45) is 0 Å². The summed E-state index contributed by atoms with van der Waals surface area (Å²) in [6, 6.07) is 10.2. The quantitative estimate of drug-likeness (QED) is 0.657. The maximum atomic E-state index is 3.87. The molecule has 0 spiro atoms. The van der Waals surface area contributed by atoms with Crippen LogP contribution in [0.3, 0.4) is 0 Å². The first-order valence-corrected chi connectivity index (χ1v) is 4.20. The van der Waals surface area contributed by atoms with Crippen molar-refractivity contribution in [2.75, 3.05) is 0 Å². The Morgan fingerprint density at radius 1 is 0.923 bits per heavy atom. The van der Waals surface area contributed by atoms with E-state index in [0.717, 1.165) is 11.1 Å². The fourth-order valence-corrected chi connectivity index (χ4v) is 1.30. The van der Waals surface area contributed by atoms with E-state index in [1.165, 1.54) is 5.56 Å². The van der Waals surface area contributed by atoms with Gasteiger partial charge in [0.25, 0.3) is 0 Å². The zero-order chi connectivity index (χ0) is 9.10. The Labute approximate surface area is 77.3 Å². The van der Waals surface area contributed by atoms with Crippen molar-refractivity contribution >= 4 is 0 Å². The SMILES string of the molecule is Cc1cnncc1-c1ccccc1. The fraction of sp³-hybridized carbons (Fsp3) is 0.0909. The van der Waals surface area contributed by atoms with E-state index in [9.17, 15) is 0 Å². The maximum absolute atomic E-state index is 3.87. The summed E-state index contributed by atoms with van der Waals surface area (Å²) in [7, 11) is 0. The summed E-state index contributed by atoms with van der Waals surface area (Å²) in [6.07, 6.45) is 3.58. The van der Waals surface area contributed by atoms with Gasteiger partial charge in [-0.15, -0.1) is 0 Å². The molecule has 1 heterocycles. The molecule has 0 amide bonds. The van der Waals surface area contributed by atoms with Crippen molar-refractivity contribution in [3.8, 4) is 11.1 Å². The minimum absolute atomic E-state index is 1.15. The van der Waals surface area contributed by atoms with E-state index in [1.807, 2.05) is 25.1 Å². The van der Waals surface area contributed by atoms with Crippen LogP contribution in [0.15, 0.2) is 42.7 Å². The molecule has 0 N–H and O–H groups in total. The van der Waals surface area contributed by atoms with E-state index in [1.54, 1.807) is 12.4 Å². The number of aromatic nitrogens is 2. The summed E-state index contributed by atoms with van der Waals surface area (Å²) >= 11 is 0. The molecule has 0 unspecified atom stereocenters. The van der Waals surface area contributed by atoms with Crippen LogP contribution in [-0.4, -0.2) is 10.2 Å². The predicted molar refractivity (Wildman–Crippen MR) is 52.2 cm³/mol. The zero-order valence-electron chi connectivity index (χ0n) is 7.44. The highest BCUT2D eigenvalue weighted by Gasteiger charge is 1.99. The first-order chi connectivity index (χ1) is 6.38.